The molecule has 0 bridgehead atoms. The molecule has 0 spiro atoms. The Hall–Kier alpha value is -0.330. The van der Waals surface area contributed by atoms with Crippen LogP contribution in [0.2, 0.25) is 0 Å². The molecule has 0 aliphatic heterocycles. The molecule has 1 saturated carbocycles. The van der Waals surface area contributed by atoms with Crippen molar-refractivity contribution in [2.24, 2.45) is 17.3 Å². The zero-order valence-corrected chi connectivity index (χ0v) is 7.68. The first-order chi connectivity index (χ1) is 5.10. The first-order valence-corrected chi connectivity index (χ1v) is 4.49. The van der Waals surface area contributed by atoms with E-state index in [0.717, 1.165) is 5.92 Å². The van der Waals surface area contributed by atoms with Gasteiger partial charge in [-0.2, -0.15) is 0 Å². The molecule has 0 N–H and O–H groups in total. The molecule has 11 heavy (non-hydrogen) atoms. The van der Waals surface area contributed by atoms with E-state index < -0.39 is 0 Å². The van der Waals surface area contributed by atoms with Gasteiger partial charge in [-0.25, -0.2) is 0 Å². The van der Waals surface area contributed by atoms with E-state index in [-0.39, 0.29) is 5.41 Å². The Bertz CT molecular complexity index is 143. The zero-order valence-electron chi connectivity index (χ0n) is 7.68. The van der Waals surface area contributed by atoms with E-state index >= 15 is 0 Å². The average molecular weight is 153 g/mol. The summed E-state index contributed by atoms with van der Waals surface area (Å²) in [6.45, 7) is 6.21. The molecule has 1 heteroatoms. The molecule has 0 aromatic rings. The molecule has 0 amide bonds. The second-order valence-corrected chi connectivity index (χ2v) is 4.27. The zero-order chi connectivity index (χ0) is 8.48. The van der Waals surface area contributed by atoms with Crippen LogP contribution in [0.1, 0.15) is 40.0 Å². The van der Waals surface area contributed by atoms with E-state index in [1.165, 1.54) is 19.3 Å². The van der Waals surface area contributed by atoms with Crippen LogP contribution >= 0.6 is 0 Å². The average Bonchev–Trinajstić information content (AvgIpc) is 1.85. The fourth-order valence-electron chi connectivity index (χ4n) is 1.74. The molecule has 0 saturated heterocycles. The molecule has 0 atom stereocenters. The minimum absolute atomic E-state index is 0.189. The summed E-state index contributed by atoms with van der Waals surface area (Å²) in [6.07, 6.45) is 5.88. The van der Waals surface area contributed by atoms with E-state index in [4.69, 9.17) is 0 Å². The van der Waals surface area contributed by atoms with Gasteiger partial charge in [0, 0.05) is 5.41 Å². The predicted molar refractivity (Wildman–Crippen MR) is 46.0 cm³/mol. The molecule has 1 rings (SSSR count). The van der Waals surface area contributed by atoms with E-state index in [2.05, 4.69) is 13.2 Å². The first kappa shape index (κ1) is 8.76. The molecular weight excluding hydrogens is 136 g/mol. The van der Waals surface area contributed by atoms with Gasteiger partial charge in [0.2, 0.25) is 6.29 Å². The molecule has 1 aliphatic rings. The summed E-state index contributed by atoms with van der Waals surface area (Å²) < 4.78 is 0. The van der Waals surface area contributed by atoms with Gasteiger partial charge in [0.1, 0.15) is 0 Å². The van der Waals surface area contributed by atoms with Gasteiger partial charge in [-0.3, -0.25) is 4.79 Å². The molecule has 0 aromatic carbocycles. The molecule has 1 aliphatic carbocycles. The standard InChI is InChI=1S/C10H17O/c1-4-8-5-9(6-8)10(2,3)7-11/h8-9H,4-6H2,1-3H3. The lowest BCUT2D eigenvalue weighted by Gasteiger charge is -2.42. The van der Waals surface area contributed by atoms with Crippen LogP contribution in [0.3, 0.4) is 0 Å². The van der Waals surface area contributed by atoms with Crippen molar-refractivity contribution in [3.63, 3.8) is 0 Å². The highest BCUT2D eigenvalue weighted by Crippen LogP contribution is 2.45. The topological polar surface area (TPSA) is 17.1 Å². The molecular formula is C10H17O. The lowest BCUT2D eigenvalue weighted by Crippen LogP contribution is -2.36. The highest BCUT2D eigenvalue weighted by Gasteiger charge is 2.39. The second-order valence-electron chi connectivity index (χ2n) is 4.27. The Morgan fingerprint density at radius 1 is 1.45 bits per heavy atom. The highest BCUT2D eigenvalue weighted by molar-refractivity contribution is 5.59. The van der Waals surface area contributed by atoms with Gasteiger partial charge in [-0.05, 0) is 24.7 Å². The summed E-state index contributed by atoms with van der Waals surface area (Å²) in [5.41, 5.74) is -0.189. The smallest absolute Gasteiger partial charge is 0.204 e. The Morgan fingerprint density at radius 3 is 2.36 bits per heavy atom. The van der Waals surface area contributed by atoms with Crippen molar-refractivity contribution in [1.82, 2.24) is 0 Å². The van der Waals surface area contributed by atoms with Gasteiger partial charge in [-0.1, -0.05) is 27.2 Å². The molecule has 1 radical (unpaired) electrons. The summed E-state index contributed by atoms with van der Waals surface area (Å²) in [5.74, 6) is 1.48. The summed E-state index contributed by atoms with van der Waals surface area (Å²) in [6, 6.07) is 0. The summed E-state index contributed by atoms with van der Waals surface area (Å²) in [7, 11) is 0. The van der Waals surface area contributed by atoms with Crippen LogP contribution < -0.4 is 0 Å². The van der Waals surface area contributed by atoms with Gasteiger partial charge < -0.3 is 0 Å². The minimum Gasteiger partial charge on any atom is -0.290 e. The Labute approximate surface area is 69.2 Å². The fourth-order valence-corrected chi connectivity index (χ4v) is 1.74. The molecule has 0 heterocycles. The van der Waals surface area contributed by atoms with Crippen LogP contribution in [0.4, 0.5) is 0 Å². The molecule has 0 unspecified atom stereocenters. The second kappa shape index (κ2) is 2.96. The lowest BCUT2D eigenvalue weighted by atomic mass is 9.62. The third kappa shape index (κ3) is 1.63. The quantitative estimate of drug-likeness (QED) is 0.609. The number of hydrogen-bond acceptors (Lipinski definition) is 1. The molecule has 1 fully saturated rings. The monoisotopic (exact) mass is 153 g/mol. The minimum atomic E-state index is -0.189. The van der Waals surface area contributed by atoms with Gasteiger partial charge in [-0.15, -0.1) is 0 Å². The van der Waals surface area contributed by atoms with Crippen LogP contribution in [0.15, 0.2) is 0 Å². The first-order valence-electron chi connectivity index (χ1n) is 4.49. The van der Waals surface area contributed by atoms with E-state index in [1.54, 1.807) is 0 Å². The third-order valence-corrected chi connectivity index (χ3v) is 3.10. The van der Waals surface area contributed by atoms with E-state index in [1.807, 2.05) is 13.8 Å². The Morgan fingerprint density at radius 2 is 2.00 bits per heavy atom. The molecule has 63 valence electrons. The van der Waals surface area contributed by atoms with Crippen molar-refractivity contribution < 1.29 is 4.79 Å². The van der Waals surface area contributed by atoms with E-state index in [0.29, 0.717) is 5.92 Å². The van der Waals surface area contributed by atoms with Crippen molar-refractivity contribution in [2.45, 2.75) is 40.0 Å². The summed E-state index contributed by atoms with van der Waals surface area (Å²) in [5, 5.41) is 0. The lowest BCUT2D eigenvalue weighted by molar-refractivity contribution is 0.104. The van der Waals surface area contributed by atoms with Crippen LogP contribution in [0.25, 0.3) is 0 Å². The largest absolute Gasteiger partial charge is 0.290 e. The van der Waals surface area contributed by atoms with Gasteiger partial charge in [0.15, 0.2) is 0 Å². The maximum atomic E-state index is 10.5. The van der Waals surface area contributed by atoms with Crippen LogP contribution in [0.5, 0.6) is 0 Å². The van der Waals surface area contributed by atoms with Crippen molar-refractivity contribution in [3.8, 4) is 0 Å². The van der Waals surface area contributed by atoms with Crippen LogP contribution in [-0.2, 0) is 4.79 Å². The number of carbonyl (C=O) groups excluding carboxylic acids is 1. The van der Waals surface area contributed by atoms with Crippen molar-refractivity contribution >= 4 is 6.29 Å². The van der Waals surface area contributed by atoms with Gasteiger partial charge >= 0.3 is 0 Å². The van der Waals surface area contributed by atoms with Gasteiger partial charge in [0.25, 0.3) is 0 Å². The fraction of sp³-hybridized carbons (Fsp3) is 0.900. The van der Waals surface area contributed by atoms with E-state index in [9.17, 15) is 4.79 Å². The maximum absolute atomic E-state index is 10.5. The van der Waals surface area contributed by atoms with Crippen LogP contribution in [-0.4, -0.2) is 6.29 Å². The summed E-state index contributed by atoms with van der Waals surface area (Å²) in [4.78, 5) is 10.5. The molecule has 1 nitrogen and oxygen atoms in total. The Kier molecular flexibility index (Phi) is 2.36. The highest BCUT2D eigenvalue weighted by atomic mass is 16.1. The SMILES string of the molecule is CCC1CC(C(C)(C)[C]=O)C1. The maximum Gasteiger partial charge on any atom is 0.204 e. The van der Waals surface area contributed by atoms with Crippen LogP contribution in [0, 0.1) is 17.3 Å². The van der Waals surface area contributed by atoms with Crippen molar-refractivity contribution in [1.29, 1.82) is 0 Å². The molecule has 0 aromatic heterocycles. The summed E-state index contributed by atoms with van der Waals surface area (Å²) >= 11 is 0. The normalized spacial score (nSPS) is 31.2. The predicted octanol–water partition coefficient (Wildman–Crippen LogP) is 2.56. The van der Waals surface area contributed by atoms with Gasteiger partial charge in [0.05, 0.1) is 0 Å². The number of rotatable bonds is 3. The van der Waals surface area contributed by atoms with Crippen molar-refractivity contribution in [3.05, 3.63) is 0 Å². The van der Waals surface area contributed by atoms with Crippen molar-refractivity contribution in [2.75, 3.05) is 0 Å². The number of hydrogen-bond donors (Lipinski definition) is 0. The third-order valence-electron chi connectivity index (χ3n) is 3.10. The Balaban J connectivity index is 2.37.